The topological polar surface area (TPSA) is 87.9 Å². The van der Waals surface area contributed by atoms with Crippen molar-refractivity contribution in [3.05, 3.63) is 17.5 Å². The van der Waals surface area contributed by atoms with Gasteiger partial charge < -0.3 is 19.5 Å². The van der Waals surface area contributed by atoms with Crippen LogP contribution in [-0.4, -0.2) is 79.8 Å². The Morgan fingerprint density at radius 1 is 1.35 bits per heavy atom. The van der Waals surface area contributed by atoms with Crippen molar-refractivity contribution >= 4 is 11.8 Å². The molecule has 0 atom stereocenters. The zero-order valence-electron chi connectivity index (χ0n) is 13.7. The van der Waals surface area contributed by atoms with E-state index in [0.717, 1.165) is 6.42 Å². The van der Waals surface area contributed by atoms with Crippen molar-refractivity contribution in [2.45, 2.75) is 13.3 Å². The van der Waals surface area contributed by atoms with E-state index in [2.05, 4.69) is 10.5 Å². The summed E-state index contributed by atoms with van der Waals surface area (Å²) in [6, 6.07) is 1.64. The van der Waals surface area contributed by atoms with Gasteiger partial charge >= 0.3 is 0 Å². The van der Waals surface area contributed by atoms with Crippen LogP contribution in [0.5, 0.6) is 0 Å². The van der Waals surface area contributed by atoms with Crippen LogP contribution < -0.4 is 5.32 Å². The molecule has 8 heteroatoms. The molecule has 0 saturated carbocycles. The minimum atomic E-state index is -0.144. The largest absolute Gasteiger partial charge is 0.385 e. The monoisotopic (exact) mass is 324 g/mol. The number of rotatable bonds is 7. The lowest BCUT2D eigenvalue weighted by atomic mass is 10.2. The number of piperazine rings is 1. The Hall–Kier alpha value is -1.93. The molecule has 0 aliphatic carbocycles. The molecule has 0 radical (unpaired) electrons. The molecular weight excluding hydrogens is 300 g/mol. The van der Waals surface area contributed by atoms with Crippen LogP contribution in [0.25, 0.3) is 0 Å². The number of hydrogen-bond donors (Lipinski definition) is 1. The number of ether oxygens (including phenoxy) is 1. The molecule has 8 nitrogen and oxygen atoms in total. The van der Waals surface area contributed by atoms with Crippen LogP contribution in [0, 0.1) is 6.92 Å². The smallest absolute Gasteiger partial charge is 0.292 e. The van der Waals surface area contributed by atoms with Crippen molar-refractivity contribution in [1.29, 1.82) is 0 Å². The number of methoxy groups -OCH3 is 1. The van der Waals surface area contributed by atoms with Crippen molar-refractivity contribution in [3.8, 4) is 0 Å². The molecule has 0 bridgehead atoms. The summed E-state index contributed by atoms with van der Waals surface area (Å²) in [5.41, 5.74) is 0.692. The molecule has 1 aromatic rings. The quantitative estimate of drug-likeness (QED) is 0.704. The molecule has 1 aliphatic rings. The maximum Gasteiger partial charge on any atom is 0.292 e. The summed E-state index contributed by atoms with van der Waals surface area (Å²) < 4.78 is 9.94. The van der Waals surface area contributed by atoms with Gasteiger partial charge in [0.1, 0.15) is 0 Å². The summed E-state index contributed by atoms with van der Waals surface area (Å²) >= 11 is 0. The van der Waals surface area contributed by atoms with Gasteiger partial charge in [0, 0.05) is 52.5 Å². The molecule has 1 fully saturated rings. The zero-order valence-corrected chi connectivity index (χ0v) is 13.7. The number of nitrogens with zero attached hydrogens (tertiary/aromatic N) is 3. The molecule has 1 N–H and O–H groups in total. The van der Waals surface area contributed by atoms with E-state index in [1.165, 1.54) is 0 Å². The average Bonchev–Trinajstić information content (AvgIpc) is 2.98. The number of carbonyl (C=O) groups excluding carboxylic acids is 2. The van der Waals surface area contributed by atoms with E-state index in [4.69, 9.17) is 9.26 Å². The Labute approximate surface area is 135 Å². The first-order valence-electron chi connectivity index (χ1n) is 7.80. The fraction of sp³-hybridized carbons (Fsp3) is 0.667. The Morgan fingerprint density at radius 2 is 2.09 bits per heavy atom. The molecule has 0 aromatic carbocycles. The Kier molecular flexibility index (Phi) is 6.54. The van der Waals surface area contributed by atoms with Crippen molar-refractivity contribution in [2.24, 2.45) is 0 Å². The van der Waals surface area contributed by atoms with E-state index >= 15 is 0 Å². The molecule has 1 aromatic heterocycles. The molecule has 2 heterocycles. The predicted molar refractivity (Wildman–Crippen MR) is 83.1 cm³/mol. The van der Waals surface area contributed by atoms with Crippen molar-refractivity contribution in [2.75, 3.05) is 53.0 Å². The molecular formula is C15H24N4O4. The van der Waals surface area contributed by atoms with Crippen LogP contribution in [0.15, 0.2) is 10.6 Å². The second-order valence-corrected chi connectivity index (χ2v) is 5.60. The van der Waals surface area contributed by atoms with E-state index in [-0.39, 0.29) is 17.6 Å². The molecule has 2 rings (SSSR count). The second-order valence-electron chi connectivity index (χ2n) is 5.60. The van der Waals surface area contributed by atoms with Gasteiger partial charge in [0.05, 0.1) is 12.2 Å². The van der Waals surface area contributed by atoms with Crippen molar-refractivity contribution < 1.29 is 18.8 Å². The summed E-state index contributed by atoms with van der Waals surface area (Å²) in [7, 11) is 1.64. The van der Waals surface area contributed by atoms with Crippen molar-refractivity contribution in [1.82, 2.24) is 20.3 Å². The Bertz CT molecular complexity index is 523. The standard InChI is InChI=1S/C15H24N4O4/c1-12-10-13(23-17-12)15(21)19-7-5-18(6-8-19)11-14(20)16-4-3-9-22-2/h10H,3-9,11H2,1-2H3,(H,16,20). The highest BCUT2D eigenvalue weighted by molar-refractivity contribution is 5.91. The molecule has 0 spiro atoms. The van der Waals surface area contributed by atoms with Crippen LogP contribution >= 0.6 is 0 Å². The molecule has 1 aliphatic heterocycles. The van der Waals surface area contributed by atoms with Gasteiger partial charge in [-0.05, 0) is 13.3 Å². The number of hydrogen-bond acceptors (Lipinski definition) is 6. The van der Waals surface area contributed by atoms with Crippen LogP contribution in [0.1, 0.15) is 22.7 Å². The fourth-order valence-electron chi connectivity index (χ4n) is 2.43. The lowest BCUT2D eigenvalue weighted by Crippen LogP contribution is -2.51. The lowest BCUT2D eigenvalue weighted by molar-refractivity contribution is -0.122. The summed E-state index contributed by atoms with van der Waals surface area (Å²) in [5.74, 6) is 0.132. The maximum absolute atomic E-state index is 12.2. The van der Waals surface area contributed by atoms with E-state index in [9.17, 15) is 9.59 Å². The van der Waals surface area contributed by atoms with Gasteiger partial charge in [0.2, 0.25) is 11.7 Å². The fourth-order valence-corrected chi connectivity index (χ4v) is 2.43. The van der Waals surface area contributed by atoms with Gasteiger partial charge in [-0.3, -0.25) is 14.5 Å². The first kappa shape index (κ1) is 17.4. The second kappa shape index (κ2) is 8.64. The first-order valence-corrected chi connectivity index (χ1v) is 7.80. The van der Waals surface area contributed by atoms with Crippen LogP contribution in [0.2, 0.25) is 0 Å². The molecule has 128 valence electrons. The van der Waals surface area contributed by atoms with Gasteiger partial charge in [-0.15, -0.1) is 0 Å². The Balaban J connectivity index is 1.69. The highest BCUT2D eigenvalue weighted by Gasteiger charge is 2.25. The molecule has 1 saturated heterocycles. The summed E-state index contributed by atoms with van der Waals surface area (Å²) in [5, 5.41) is 6.60. The number of nitrogens with one attached hydrogen (secondary N) is 1. The first-order chi connectivity index (χ1) is 11.1. The van der Waals surface area contributed by atoms with E-state index in [0.29, 0.717) is 51.6 Å². The third kappa shape index (κ3) is 5.33. The number of carbonyl (C=O) groups is 2. The number of amides is 2. The highest BCUT2D eigenvalue weighted by Crippen LogP contribution is 2.09. The van der Waals surface area contributed by atoms with Gasteiger partial charge in [-0.2, -0.15) is 0 Å². The summed E-state index contributed by atoms with van der Waals surface area (Å²) in [4.78, 5) is 27.8. The lowest BCUT2D eigenvalue weighted by Gasteiger charge is -2.33. The van der Waals surface area contributed by atoms with Gasteiger partial charge in [0.25, 0.3) is 5.91 Å². The highest BCUT2D eigenvalue weighted by atomic mass is 16.5. The predicted octanol–water partition coefficient (Wildman–Crippen LogP) is -0.106. The number of aromatic nitrogens is 1. The van der Waals surface area contributed by atoms with Gasteiger partial charge in [-0.25, -0.2) is 0 Å². The molecule has 2 amide bonds. The molecule has 0 unspecified atom stereocenters. The minimum absolute atomic E-state index is 0.00624. The number of aryl methyl sites for hydroxylation is 1. The summed E-state index contributed by atoms with van der Waals surface area (Å²) in [6.07, 6.45) is 0.807. The SMILES string of the molecule is COCCCNC(=O)CN1CCN(C(=O)c2cc(C)no2)CC1. The zero-order chi connectivity index (χ0) is 16.7. The van der Waals surface area contributed by atoms with E-state index in [1.54, 1.807) is 25.0 Å². The van der Waals surface area contributed by atoms with Crippen LogP contribution in [-0.2, 0) is 9.53 Å². The maximum atomic E-state index is 12.2. The van der Waals surface area contributed by atoms with Crippen molar-refractivity contribution in [3.63, 3.8) is 0 Å². The normalized spacial score (nSPS) is 15.7. The van der Waals surface area contributed by atoms with E-state index in [1.807, 2.05) is 4.90 Å². The summed E-state index contributed by atoms with van der Waals surface area (Å²) in [6.45, 7) is 5.90. The average molecular weight is 324 g/mol. The van der Waals surface area contributed by atoms with E-state index < -0.39 is 0 Å². The Morgan fingerprint density at radius 3 is 2.70 bits per heavy atom. The van der Waals surface area contributed by atoms with Gasteiger partial charge in [0.15, 0.2) is 0 Å². The third-order valence-corrected chi connectivity index (χ3v) is 3.71. The van der Waals surface area contributed by atoms with Crippen LogP contribution in [0.4, 0.5) is 0 Å². The minimum Gasteiger partial charge on any atom is -0.385 e. The molecule has 23 heavy (non-hydrogen) atoms. The van der Waals surface area contributed by atoms with Gasteiger partial charge in [-0.1, -0.05) is 5.16 Å². The third-order valence-electron chi connectivity index (χ3n) is 3.71. The van der Waals surface area contributed by atoms with Crippen LogP contribution in [0.3, 0.4) is 0 Å².